The zero-order valence-corrected chi connectivity index (χ0v) is 11.2. The number of anilines is 1. The van der Waals surface area contributed by atoms with E-state index in [1.807, 2.05) is 19.1 Å². The smallest absolute Gasteiger partial charge is 0.101 e. The number of likely N-dealkylation sites (N-methyl/N-ethyl adjacent to an activating group) is 1. The Morgan fingerprint density at radius 1 is 1.50 bits per heavy atom. The van der Waals surface area contributed by atoms with Crippen LogP contribution in [0.2, 0.25) is 0 Å². The van der Waals surface area contributed by atoms with E-state index in [2.05, 4.69) is 29.3 Å². The molecule has 1 atom stereocenters. The maximum Gasteiger partial charge on any atom is 0.101 e. The molecule has 0 saturated carbocycles. The first-order valence-corrected chi connectivity index (χ1v) is 6.72. The fourth-order valence-electron chi connectivity index (χ4n) is 2.56. The van der Waals surface area contributed by atoms with Crippen LogP contribution in [-0.2, 0) is 0 Å². The summed E-state index contributed by atoms with van der Waals surface area (Å²) < 4.78 is 0. The highest BCUT2D eigenvalue weighted by Gasteiger charge is 2.19. The highest BCUT2D eigenvalue weighted by Crippen LogP contribution is 2.20. The molecule has 3 heteroatoms. The fourth-order valence-corrected chi connectivity index (χ4v) is 2.56. The van der Waals surface area contributed by atoms with Crippen molar-refractivity contribution in [2.45, 2.75) is 32.7 Å². The molecule has 0 spiro atoms. The number of benzene rings is 1. The van der Waals surface area contributed by atoms with E-state index in [0.29, 0.717) is 6.04 Å². The number of nitriles is 1. The van der Waals surface area contributed by atoms with Gasteiger partial charge in [-0.2, -0.15) is 5.26 Å². The van der Waals surface area contributed by atoms with Crippen LogP contribution in [0.3, 0.4) is 0 Å². The lowest BCUT2D eigenvalue weighted by molar-refractivity contribution is 0.227. The van der Waals surface area contributed by atoms with Gasteiger partial charge in [0, 0.05) is 12.6 Å². The average molecular weight is 243 g/mol. The minimum Gasteiger partial charge on any atom is -0.380 e. The second kappa shape index (κ2) is 5.88. The number of likely N-dealkylation sites (tertiary alicyclic amines) is 1. The Kier molecular flexibility index (Phi) is 4.22. The van der Waals surface area contributed by atoms with Crippen molar-refractivity contribution >= 4 is 5.69 Å². The molecule has 0 aliphatic carbocycles. The molecule has 0 aromatic heterocycles. The molecule has 1 heterocycles. The second-order valence-electron chi connectivity index (χ2n) is 5.04. The lowest BCUT2D eigenvalue weighted by Crippen LogP contribution is -2.41. The standard InChI is InChI=1S/C15H21N3/c1-3-18-8-4-5-14(11-18)17-15-7-6-12(2)9-13(15)10-16/h6-7,9,14,17H,3-5,8,11H2,1-2H3. The molecule has 1 N–H and O–H groups in total. The number of hydrogen-bond donors (Lipinski definition) is 1. The van der Waals surface area contributed by atoms with Gasteiger partial charge in [0.25, 0.3) is 0 Å². The van der Waals surface area contributed by atoms with Gasteiger partial charge in [-0.3, -0.25) is 0 Å². The van der Waals surface area contributed by atoms with E-state index in [1.54, 1.807) is 0 Å². The predicted molar refractivity (Wildman–Crippen MR) is 74.7 cm³/mol. The highest BCUT2D eigenvalue weighted by atomic mass is 15.2. The third-order valence-corrected chi connectivity index (χ3v) is 3.61. The summed E-state index contributed by atoms with van der Waals surface area (Å²) >= 11 is 0. The first kappa shape index (κ1) is 12.9. The summed E-state index contributed by atoms with van der Waals surface area (Å²) in [6, 6.07) is 8.77. The number of nitrogens with zero attached hydrogens (tertiary/aromatic N) is 2. The Morgan fingerprint density at radius 3 is 3.06 bits per heavy atom. The van der Waals surface area contributed by atoms with E-state index < -0.39 is 0 Å². The zero-order chi connectivity index (χ0) is 13.0. The third kappa shape index (κ3) is 3.02. The SMILES string of the molecule is CCN1CCCC(Nc2ccc(C)cc2C#N)C1. The Morgan fingerprint density at radius 2 is 2.33 bits per heavy atom. The Labute approximate surface area is 109 Å². The molecule has 2 rings (SSSR count). The van der Waals surface area contributed by atoms with Gasteiger partial charge in [-0.15, -0.1) is 0 Å². The number of aryl methyl sites for hydroxylation is 1. The maximum atomic E-state index is 9.17. The lowest BCUT2D eigenvalue weighted by atomic mass is 10.0. The van der Waals surface area contributed by atoms with E-state index in [1.165, 1.54) is 19.4 Å². The van der Waals surface area contributed by atoms with E-state index >= 15 is 0 Å². The number of piperidine rings is 1. The Bertz CT molecular complexity index is 448. The van der Waals surface area contributed by atoms with Gasteiger partial charge in [0.1, 0.15) is 6.07 Å². The molecule has 1 aromatic rings. The van der Waals surface area contributed by atoms with E-state index in [0.717, 1.165) is 29.9 Å². The monoisotopic (exact) mass is 243 g/mol. The summed E-state index contributed by atoms with van der Waals surface area (Å²) in [6.45, 7) is 7.61. The van der Waals surface area contributed by atoms with Gasteiger partial charge in [0.15, 0.2) is 0 Å². The molecular weight excluding hydrogens is 222 g/mol. The van der Waals surface area contributed by atoms with Gasteiger partial charge in [-0.1, -0.05) is 13.0 Å². The Hall–Kier alpha value is -1.53. The van der Waals surface area contributed by atoms with Gasteiger partial charge in [-0.05, 0) is 50.6 Å². The van der Waals surface area contributed by atoms with Gasteiger partial charge in [0.05, 0.1) is 11.3 Å². The maximum absolute atomic E-state index is 9.17. The molecule has 0 amide bonds. The molecule has 1 saturated heterocycles. The minimum atomic E-state index is 0.466. The molecule has 3 nitrogen and oxygen atoms in total. The summed E-state index contributed by atoms with van der Waals surface area (Å²) in [5.74, 6) is 0. The van der Waals surface area contributed by atoms with Crippen molar-refractivity contribution in [1.29, 1.82) is 5.26 Å². The molecule has 0 bridgehead atoms. The quantitative estimate of drug-likeness (QED) is 0.887. The van der Waals surface area contributed by atoms with Crippen molar-refractivity contribution in [1.82, 2.24) is 4.90 Å². The number of hydrogen-bond acceptors (Lipinski definition) is 3. The molecule has 1 aromatic carbocycles. The van der Waals surface area contributed by atoms with E-state index in [9.17, 15) is 5.26 Å². The van der Waals surface area contributed by atoms with E-state index in [-0.39, 0.29) is 0 Å². The first-order valence-electron chi connectivity index (χ1n) is 6.72. The number of nitrogens with one attached hydrogen (secondary N) is 1. The summed E-state index contributed by atoms with van der Waals surface area (Å²) in [4.78, 5) is 2.46. The molecule has 1 fully saturated rings. The zero-order valence-electron chi connectivity index (χ0n) is 11.2. The van der Waals surface area contributed by atoms with Crippen LogP contribution in [-0.4, -0.2) is 30.6 Å². The van der Waals surface area contributed by atoms with Crippen molar-refractivity contribution in [2.24, 2.45) is 0 Å². The molecule has 18 heavy (non-hydrogen) atoms. The van der Waals surface area contributed by atoms with Crippen molar-refractivity contribution in [3.63, 3.8) is 0 Å². The average Bonchev–Trinajstić information content (AvgIpc) is 2.41. The van der Waals surface area contributed by atoms with Crippen LogP contribution in [0.5, 0.6) is 0 Å². The molecule has 1 aliphatic rings. The summed E-state index contributed by atoms with van der Waals surface area (Å²) in [5, 5.41) is 12.7. The van der Waals surface area contributed by atoms with Crippen LogP contribution in [0, 0.1) is 18.3 Å². The van der Waals surface area contributed by atoms with Crippen LogP contribution in [0.25, 0.3) is 0 Å². The molecule has 96 valence electrons. The molecule has 1 unspecified atom stereocenters. The van der Waals surface area contributed by atoms with Gasteiger partial charge < -0.3 is 10.2 Å². The largest absolute Gasteiger partial charge is 0.380 e. The van der Waals surface area contributed by atoms with Crippen LogP contribution < -0.4 is 5.32 Å². The van der Waals surface area contributed by atoms with Crippen LogP contribution >= 0.6 is 0 Å². The fraction of sp³-hybridized carbons (Fsp3) is 0.533. The lowest BCUT2D eigenvalue weighted by Gasteiger charge is -2.33. The molecule has 1 aliphatic heterocycles. The van der Waals surface area contributed by atoms with Crippen LogP contribution in [0.1, 0.15) is 30.9 Å². The van der Waals surface area contributed by atoms with Crippen LogP contribution in [0.4, 0.5) is 5.69 Å². The molecular formula is C15H21N3. The van der Waals surface area contributed by atoms with Gasteiger partial charge >= 0.3 is 0 Å². The predicted octanol–water partition coefficient (Wildman–Crippen LogP) is 2.76. The Balaban J connectivity index is 2.07. The summed E-state index contributed by atoms with van der Waals surface area (Å²) in [5.41, 5.74) is 2.87. The topological polar surface area (TPSA) is 39.1 Å². The highest BCUT2D eigenvalue weighted by molar-refractivity contribution is 5.59. The number of rotatable bonds is 3. The van der Waals surface area contributed by atoms with Crippen molar-refractivity contribution in [3.8, 4) is 6.07 Å². The van der Waals surface area contributed by atoms with Crippen LogP contribution in [0.15, 0.2) is 18.2 Å². The third-order valence-electron chi connectivity index (χ3n) is 3.61. The summed E-state index contributed by atoms with van der Waals surface area (Å²) in [7, 11) is 0. The van der Waals surface area contributed by atoms with Crippen molar-refractivity contribution in [2.75, 3.05) is 25.0 Å². The molecule has 0 radical (unpaired) electrons. The van der Waals surface area contributed by atoms with E-state index in [4.69, 9.17) is 0 Å². The van der Waals surface area contributed by atoms with Crippen molar-refractivity contribution in [3.05, 3.63) is 29.3 Å². The second-order valence-corrected chi connectivity index (χ2v) is 5.04. The first-order chi connectivity index (χ1) is 8.72. The van der Waals surface area contributed by atoms with Crippen molar-refractivity contribution < 1.29 is 0 Å². The van der Waals surface area contributed by atoms with Gasteiger partial charge in [0.2, 0.25) is 0 Å². The van der Waals surface area contributed by atoms with Gasteiger partial charge in [-0.25, -0.2) is 0 Å². The summed E-state index contributed by atoms with van der Waals surface area (Å²) in [6.07, 6.45) is 2.43. The minimum absolute atomic E-state index is 0.466. The normalized spacial score (nSPS) is 20.4.